The summed E-state index contributed by atoms with van der Waals surface area (Å²) in [5.41, 5.74) is 6.46. The minimum atomic E-state index is 0. The number of benzene rings is 2. The molecular formula is C32H34N4O4. The van der Waals surface area contributed by atoms with Crippen molar-refractivity contribution < 1.29 is 18.9 Å². The molecule has 206 valence electrons. The van der Waals surface area contributed by atoms with Crippen molar-refractivity contribution in [1.82, 2.24) is 9.97 Å². The summed E-state index contributed by atoms with van der Waals surface area (Å²) in [5.74, 6) is 5.27. The lowest BCUT2D eigenvalue weighted by molar-refractivity contribution is 0.173. The van der Waals surface area contributed by atoms with Gasteiger partial charge in [0.1, 0.15) is 11.6 Å². The van der Waals surface area contributed by atoms with Crippen molar-refractivity contribution in [2.24, 2.45) is 0 Å². The van der Waals surface area contributed by atoms with Crippen LogP contribution in [0.2, 0.25) is 0 Å². The highest BCUT2D eigenvalue weighted by molar-refractivity contribution is 5.71. The van der Waals surface area contributed by atoms with Gasteiger partial charge in [0.2, 0.25) is 13.6 Å². The largest absolute Gasteiger partial charge is 0.454 e. The van der Waals surface area contributed by atoms with Crippen LogP contribution >= 0.6 is 0 Å². The second kappa shape index (κ2) is 10.6. The highest BCUT2D eigenvalue weighted by Gasteiger charge is 2.21. The summed E-state index contributed by atoms with van der Waals surface area (Å²) >= 11 is 0. The zero-order valence-corrected chi connectivity index (χ0v) is 22.1. The molecule has 5 heterocycles. The minimum Gasteiger partial charge on any atom is -0.454 e. The van der Waals surface area contributed by atoms with Crippen molar-refractivity contribution in [2.75, 3.05) is 49.6 Å². The molecule has 2 aromatic heterocycles. The van der Waals surface area contributed by atoms with Gasteiger partial charge in [-0.15, -0.1) is 0 Å². The maximum absolute atomic E-state index is 5.60. The predicted octanol–water partition coefficient (Wildman–Crippen LogP) is 6.24. The first-order chi connectivity index (χ1) is 19.1. The maximum atomic E-state index is 5.60. The van der Waals surface area contributed by atoms with E-state index in [0.717, 1.165) is 101 Å². The van der Waals surface area contributed by atoms with Gasteiger partial charge in [-0.3, -0.25) is 0 Å². The lowest BCUT2D eigenvalue weighted by Crippen LogP contribution is -2.31. The number of hydrogen-bond donors (Lipinski definition) is 0. The second-order valence-electron chi connectivity index (χ2n) is 10.2. The zero-order chi connectivity index (χ0) is 26.3. The lowest BCUT2D eigenvalue weighted by atomic mass is 10.0. The standard InChI is InChI=1S/C31H30N4O4.CH4/c1-20-12-24(14-26-30(20)38-18-36-26)22-4-6-28(32-16-22)34-8-3-9-35(11-10-34)29-7-5-23(17-33-29)25-13-21(2)31-27(15-25)37-19-39-31;/h4-7,12-17H,3,8-11,18-19H2,1-2H3;1H4. The Balaban J connectivity index is 0.00000289. The van der Waals surface area contributed by atoms with Crippen molar-refractivity contribution in [3.63, 3.8) is 0 Å². The van der Waals surface area contributed by atoms with Crippen molar-refractivity contribution in [1.29, 1.82) is 0 Å². The van der Waals surface area contributed by atoms with Crippen molar-refractivity contribution >= 4 is 11.6 Å². The summed E-state index contributed by atoms with van der Waals surface area (Å²) in [6, 6.07) is 16.8. The molecule has 0 radical (unpaired) electrons. The van der Waals surface area contributed by atoms with Gasteiger partial charge >= 0.3 is 0 Å². The Morgan fingerprint density at radius 3 is 1.48 bits per heavy atom. The molecular weight excluding hydrogens is 504 g/mol. The summed E-state index contributed by atoms with van der Waals surface area (Å²) in [5, 5.41) is 0. The third-order valence-corrected chi connectivity index (χ3v) is 7.62. The van der Waals surface area contributed by atoms with Crippen LogP contribution in [0, 0.1) is 13.8 Å². The van der Waals surface area contributed by atoms with Crippen molar-refractivity contribution in [3.8, 4) is 45.3 Å². The Kier molecular flexibility index (Phi) is 6.84. The van der Waals surface area contributed by atoms with E-state index in [1.165, 1.54) is 0 Å². The van der Waals surface area contributed by atoms with E-state index >= 15 is 0 Å². The molecule has 0 bridgehead atoms. The molecule has 0 unspecified atom stereocenters. The smallest absolute Gasteiger partial charge is 0.231 e. The van der Waals surface area contributed by atoms with Crippen LogP contribution in [-0.4, -0.2) is 49.7 Å². The number of ether oxygens (including phenoxy) is 4. The Bertz CT molecular complexity index is 1410. The van der Waals surface area contributed by atoms with Crippen LogP contribution in [0.25, 0.3) is 22.3 Å². The van der Waals surface area contributed by atoms with E-state index in [1.54, 1.807) is 0 Å². The summed E-state index contributed by atoms with van der Waals surface area (Å²) in [4.78, 5) is 14.4. The van der Waals surface area contributed by atoms with Gasteiger partial charge in [0.05, 0.1) is 0 Å². The molecule has 4 aromatic rings. The lowest BCUT2D eigenvalue weighted by Gasteiger charge is -2.23. The highest BCUT2D eigenvalue weighted by Crippen LogP contribution is 2.40. The third kappa shape index (κ3) is 4.74. The zero-order valence-electron chi connectivity index (χ0n) is 22.1. The van der Waals surface area contributed by atoms with Crippen LogP contribution in [0.3, 0.4) is 0 Å². The number of aromatic nitrogens is 2. The molecule has 3 aliphatic rings. The Morgan fingerprint density at radius 2 is 1.05 bits per heavy atom. The molecule has 0 aliphatic carbocycles. The average molecular weight is 539 g/mol. The molecule has 1 saturated heterocycles. The average Bonchev–Trinajstić information content (AvgIpc) is 3.58. The van der Waals surface area contributed by atoms with E-state index in [2.05, 4.69) is 46.2 Å². The SMILES string of the molecule is C.Cc1cc(-c2ccc(N3CCCN(c4ccc(-c5cc(C)c6c(c5)OCO6)cn4)CC3)nc2)cc2c1OCO2. The van der Waals surface area contributed by atoms with Crippen LogP contribution in [-0.2, 0) is 0 Å². The molecule has 7 rings (SSSR count). The minimum absolute atomic E-state index is 0. The van der Waals surface area contributed by atoms with Gasteiger partial charge in [-0.05, 0) is 91.1 Å². The van der Waals surface area contributed by atoms with E-state index in [1.807, 2.05) is 38.4 Å². The molecule has 0 spiro atoms. The fraction of sp³-hybridized carbons (Fsp3) is 0.312. The first kappa shape index (κ1) is 25.8. The second-order valence-corrected chi connectivity index (χ2v) is 10.2. The molecule has 3 aliphatic heterocycles. The first-order valence-electron chi connectivity index (χ1n) is 13.4. The Morgan fingerprint density at radius 1 is 0.575 bits per heavy atom. The molecule has 40 heavy (non-hydrogen) atoms. The van der Waals surface area contributed by atoms with Gasteiger partial charge in [-0.2, -0.15) is 0 Å². The molecule has 0 saturated carbocycles. The normalized spacial score (nSPS) is 15.6. The number of nitrogens with zero attached hydrogens (tertiary/aromatic N) is 4. The van der Waals surface area contributed by atoms with E-state index in [0.29, 0.717) is 0 Å². The third-order valence-electron chi connectivity index (χ3n) is 7.62. The van der Waals surface area contributed by atoms with E-state index < -0.39 is 0 Å². The summed E-state index contributed by atoms with van der Waals surface area (Å²) in [6.07, 6.45) is 4.94. The van der Waals surface area contributed by atoms with Gasteiger partial charge in [0, 0.05) is 49.7 Å². The summed E-state index contributed by atoms with van der Waals surface area (Å²) in [7, 11) is 0. The van der Waals surface area contributed by atoms with Gasteiger partial charge in [0.25, 0.3) is 0 Å². The molecule has 2 aromatic carbocycles. The monoisotopic (exact) mass is 538 g/mol. The van der Waals surface area contributed by atoms with Gasteiger partial charge in [-0.25, -0.2) is 9.97 Å². The maximum Gasteiger partial charge on any atom is 0.231 e. The van der Waals surface area contributed by atoms with Crippen LogP contribution in [0.15, 0.2) is 60.9 Å². The molecule has 0 atom stereocenters. The number of hydrogen-bond acceptors (Lipinski definition) is 8. The number of fused-ring (bicyclic) bond motifs is 2. The van der Waals surface area contributed by atoms with Gasteiger partial charge in [0.15, 0.2) is 23.0 Å². The molecule has 8 nitrogen and oxygen atoms in total. The van der Waals surface area contributed by atoms with E-state index in [-0.39, 0.29) is 21.0 Å². The van der Waals surface area contributed by atoms with Gasteiger partial charge in [-0.1, -0.05) is 7.43 Å². The van der Waals surface area contributed by atoms with E-state index in [9.17, 15) is 0 Å². The highest BCUT2D eigenvalue weighted by atomic mass is 16.7. The summed E-state index contributed by atoms with van der Waals surface area (Å²) < 4.78 is 22.3. The number of rotatable bonds is 4. The Hall–Kier alpha value is -4.46. The fourth-order valence-electron chi connectivity index (χ4n) is 5.57. The number of pyridine rings is 2. The van der Waals surface area contributed by atoms with Crippen LogP contribution in [0.1, 0.15) is 25.0 Å². The quantitative estimate of drug-likeness (QED) is 0.303. The molecule has 1 fully saturated rings. The van der Waals surface area contributed by atoms with Crippen LogP contribution in [0.5, 0.6) is 23.0 Å². The Labute approximate surface area is 235 Å². The fourth-order valence-corrected chi connectivity index (χ4v) is 5.57. The molecule has 8 heteroatoms. The topological polar surface area (TPSA) is 69.2 Å². The molecule has 0 amide bonds. The first-order valence-corrected chi connectivity index (χ1v) is 13.4. The predicted molar refractivity (Wildman–Crippen MR) is 157 cm³/mol. The van der Waals surface area contributed by atoms with Crippen LogP contribution < -0.4 is 28.7 Å². The molecule has 0 N–H and O–H groups in total. The van der Waals surface area contributed by atoms with Crippen molar-refractivity contribution in [3.05, 3.63) is 72.1 Å². The van der Waals surface area contributed by atoms with E-state index in [4.69, 9.17) is 28.9 Å². The number of aryl methyl sites for hydroxylation is 2. The summed E-state index contributed by atoms with van der Waals surface area (Å²) in [6.45, 7) is 8.34. The number of anilines is 2. The van der Waals surface area contributed by atoms with Gasteiger partial charge < -0.3 is 28.7 Å². The van der Waals surface area contributed by atoms with Crippen molar-refractivity contribution in [2.45, 2.75) is 27.7 Å². The van der Waals surface area contributed by atoms with Crippen LogP contribution in [0.4, 0.5) is 11.6 Å².